The Hall–Kier alpha value is -3.27. The fourth-order valence-corrected chi connectivity index (χ4v) is 6.34. The van der Waals surface area contributed by atoms with Crippen molar-refractivity contribution in [2.45, 2.75) is 45.2 Å². The van der Waals surface area contributed by atoms with Crippen molar-refractivity contribution < 1.29 is 34.1 Å². The number of hydrogen-bond acceptors (Lipinski definition) is 6. The summed E-state index contributed by atoms with van der Waals surface area (Å²) in [6, 6.07) is 11.9. The van der Waals surface area contributed by atoms with Crippen molar-refractivity contribution >= 4 is 35.4 Å². The highest BCUT2D eigenvalue weighted by molar-refractivity contribution is 6.31. The first-order valence-electron chi connectivity index (χ1n) is 12.5. The summed E-state index contributed by atoms with van der Waals surface area (Å²) in [4.78, 5) is 52.2. The summed E-state index contributed by atoms with van der Waals surface area (Å²) in [6.45, 7) is 4.89. The van der Waals surface area contributed by atoms with Crippen molar-refractivity contribution in [2.75, 3.05) is 19.8 Å². The highest BCUT2D eigenvalue weighted by atomic mass is 35.5. The summed E-state index contributed by atoms with van der Waals surface area (Å²) in [5, 5.41) is 24.5. The number of nitrogens with zero attached hydrogens (tertiary/aromatic N) is 1. The molecule has 5 atom stereocenters. The van der Waals surface area contributed by atoms with Gasteiger partial charge in [-0.2, -0.15) is 0 Å². The van der Waals surface area contributed by atoms with E-state index < -0.39 is 52.6 Å². The lowest BCUT2D eigenvalue weighted by Gasteiger charge is -2.56. The number of carboxylic acids is 2. The van der Waals surface area contributed by atoms with Gasteiger partial charge in [0.25, 0.3) is 11.8 Å². The minimum absolute atomic E-state index is 0.00159. The number of benzene rings is 2. The molecule has 0 spiro atoms. The smallest absolute Gasteiger partial charge is 0.311 e. The third kappa shape index (κ3) is 4.19. The van der Waals surface area contributed by atoms with E-state index in [4.69, 9.17) is 16.3 Å². The van der Waals surface area contributed by atoms with E-state index in [-0.39, 0.29) is 26.2 Å². The molecule has 1 saturated heterocycles. The average Bonchev–Trinajstić information content (AvgIpc) is 3.13. The summed E-state index contributed by atoms with van der Waals surface area (Å²) in [7, 11) is 0. The lowest BCUT2D eigenvalue weighted by Crippen LogP contribution is -2.70. The second-order valence-corrected chi connectivity index (χ2v) is 10.5. The van der Waals surface area contributed by atoms with Crippen LogP contribution in [0.5, 0.6) is 0 Å². The molecular formula is C28H31ClN2O7. The highest BCUT2D eigenvalue weighted by Gasteiger charge is 2.65. The maximum absolute atomic E-state index is 13.1. The van der Waals surface area contributed by atoms with Gasteiger partial charge in [-0.3, -0.25) is 24.1 Å². The van der Waals surface area contributed by atoms with Crippen molar-refractivity contribution in [1.29, 1.82) is 0 Å². The largest absolute Gasteiger partial charge is 0.481 e. The fourth-order valence-electron chi connectivity index (χ4n) is 6.10. The molecule has 10 heteroatoms. The summed E-state index contributed by atoms with van der Waals surface area (Å²) in [6.07, 6.45) is 0.104. The first kappa shape index (κ1) is 27.8. The molecule has 2 aromatic carbocycles. The topological polar surface area (TPSA) is 133 Å². The molecule has 3 N–H and O–H groups in total. The van der Waals surface area contributed by atoms with Crippen LogP contribution >= 0.6 is 11.6 Å². The Labute approximate surface area is 225 Å². The van der Waals surface area contributed by atoms with Gasteiger partial charge in [-0.15, -0.1) is 0 Å². The Morgan fingerprint density at radius 1 is 1.03 bits per heavy atom. The minimum atomic E-state index is -1.58. The number of nitrogens with one attached hydrogen (secondary N) is 1. The molecule has 2 aliphatic rings. The number of piperidine rings is 1. The van der Waals surface area contributed by atoms with Crippen molar-refractivity contribution in [2.24, 2.45) is 10.8 Å². The Morgan fingerprint density at radius 3 is 2.13 bits per heavy atom. The van der Waals surface area contributed by atoms with Gasteiger partial charge in [0.2, 0.25) is 0 Å². The number of aliphatic carboxylic acids is 2. The number of amides is 2. The maximum atomic E-state index is 13.1. The first-order valence-corrected chi connectivity index (χ1v) is 12.9. The predicted molar refractivity (Wildman–Crippen MR) is 139 cm³/mol. The van der Waals surface area contributed by atoms with Crippen LogP contribution in [0.2, 0.25) is 5.02 Å². The van der Waals surface area contributed by atoms with Crippen molar-refractivity contribution in [1.82, 2.24) is 10.2 Å². The summed E-state index contributed by atoms with van der Waals surface area (Å²) < 4.78 is 5.88. The van der Waals surface area contributed by atoms with Crippen molar-refractivity contribution in [3.8, 4) is 0 Å². The van der Waals surface area contributed by atoms with Gasteiger partial charge in [0.05, 0.1) is 41.7 Å². The number of carbonyl (C=O) groups is 4. The lowest BCUT2D eigenvalue weighted by molar-refractivity contribution is -0.174. The van der Waals surface area contributed by atoms with Crippen LogP contribution in [0, 0.1) is 10.8 Å². The predicted octanol–water partition coefficient (Wildman–Crippen LogP) is 3.67. The summed E-state index contributed by atoms with van der Waals surface area (Å²) in [5.41, 5.74) is -1.96. The van der Waals surface area contributed by atoms with Crippen LogP contribution in [0.3, 0.4) is 0 Å². The van der Waals surface area contributed by atoms with E-state index in [2.05, 4.69) is 5.32 Å². The van der Waals surface area contributed by atoms with E-state index in [0.29, 0.717) is 21.7 Å². The van der Waals surface area contributed by atoms with Gasteiger partial charge < -0.3 is 20.3 Å². The number of imide groups is 1. The monoisotopic (exact) mass is 542 g/mol. The van der Waals surface area contributed by atoms with Crippen LogP contribution in [0.25, 0.3) is 0 Å². The van der Waals surface area contributed by atoms with E-state index in [1.54, 1.807) is 69.3 Å². The van der Waals surface area contributed by atoms with Gasteiger partial charge in [0.15, 0.2) is 0 Å². The minimum Gasteiger partial charge on any atom is -0.481 e. The Morgan fingerprint density at radius 2 is 1.61 bits per heavy atom. The molecule has 2 aromatic rings. The standard InChI is InChI=1S/C28H31ClN2O7/c1-4-28(26(36)37)21(15-38-14-13-31-23(32)17-9-5-6-10-18(17)24(31)33)30-16(2)27(3,25(34)35)22(28)19-11-7-8-12-20(19)29/h5-12,16,21-22,30H,4,13-15H2,1-3H3,(H,34,35)(H,36,37)/t16-,21-,22+,27-,28-/m1/s1. The molecule has 1 fully saturated rings. The maximum Gasteiger partial charge on any atom is 0.311 e. The van der Waals surface area contributed by atoms with Crippen molar-refractivity contribution in [3.63, 3.8) is 0 Å². The fraction of sp³-hybridized carbons (Fsp3) is 0.429. The van der Waals surface area contributed by atoms with Gasteiger partial charge in [-0.25, -0.2) is 0 Å². The highest BCUT2D eigenvalue weighted by Crippen LogP contribution is 2.58. The van der Waals surface area contributed by atoms with Crippen LogP contribution in [0.15, 0.2) is 48.5 Å². The normalized spacial score (nSPS) is 28.8. The molecule has 0 unspecified atom stereocenters. The molecule has 0 radical (unpaired) electrons. The lowest BCUT2D eigenvalue weighted by atomic mass is 9.51. The Kier molecular flexibility index (Phi) is 7.65. The zero-order chi connectivity index (χ0) is 27.8. The number of carboxylic acid groups (broad SMARTS) is 2. The third-order valence-electron chi connectivity index (χ3n) is 8.37. The van der Waals surface area contributed by atoms with Crippen molar-refractivity contribution in [3.05, 3.63) is 70.2 Å². The van der Waals surface area contributed by atoms with Crippen LogP contribution in [-0.2, 0) is 14.3 Å². The van der Waals surface area contributed by atoms with E-state index in [9.17, 15) is 29.4 Å². The number of rotatable bonds is 9. The molecule has 0 saturated carbocycles. The molecule has 9 nitrogen and oxygen atoms in total. The molecule has 202 valence electrons. The zero-order valence-electron chi connectivity index (χ0n) is 21.4. The molecular weight excluding hydrogens is 512 g/mol. The van der Waals surface area contributed by atoms with E-state index >= 15 is 0 Å². The average molecular weight is 543 g/mol. The van der Waals surface area contributed by atoms with Gasteiger partial charge >= 0.3 is 11.9 Å². The van der Waals surface area contributed by atoms with Gasteiger partial charge in [-0.05, 0) is 44.0 Å². The molecule has 2 amide bonds. The van der Waals surface area contributed by atoms with Crippen LogP contribution < -0.4 is 5.32 Å². The van der Waals surface area contributed by atoms with Crippen LogP contribution in [0.4, 0.5) is 0 Å². The Bertz CT molecular complexity index is 1250. The Balaban J connectivity index is 1.61. The van der Waals surface area contributed by atoms with Crippen LogP contribution in [-0.4, -0.2) is 70.7 Å². The SMILES string of the molecule is CC[C@@]1(C(=O)O)[C@@H](COCCN2C(=O)c3ccccc3C2=O)N[C@H](C)[C@@](C)(C(=O)O)[C@@H]1c1ccccc1Cl. The number of hydrogen-bond donors (Lipinski definition) is 3. The molecule has 0 bridgehead atoms. The van der Waals surface area contributed by atoms with Crippen LogP contribution in [0.1, 0.15) is 59.4 Å². The zero-order valence-corrected chi connectivity index (χ0v) is 22.2. The number of fused-ring (bicyclic) bond motifs is 1. The second kappa shape index (κ2) is 10.5. The molecule has 0 aliphatic carbocycles. The third-order valence-corrected chi connectivity index (χ3v) is 8.71. The molecule has 38 heavy (non-hydrogen) atoms. The second-order valence-electron chi connectivity index (χ2n) is 10.1. The van der Waals surface area contributed by atoms with Gasteiger partial charge in [-0.1, -0.05) is 48.9 Å². The molecule has 2 aliphatic heterocycles. The van der Waals surface area contributed by atoms with E-state index in [0.717, 1.165) is 4.90 Å². The number of halogens is 1. The molecule has 2 heterocycles. The first-order chi connectivity index (χ1) is 18.0. The number of carbonyl (C=O) groups excluding carboxylic acids is 2. The van der Waals surface area contributed by atoms with E-state index in [1.165, 1.54) is 0 Å². The van der Waals surface area contributed by atoms with Gasteiger partial charge in [0, 0.05) is 23.0 Å². The summed E-state index contributed by atoms with van der Waals surface area (Å²) >= 11 is 6.53. The number of ether oxygens (including phenoxy) is 1. The van der Waals surface area contributed by atoms with Gasteiger partial charge in [0.1, 0.15) is 0 Å². The van der Waals surface area contributed by atoms with E-state index in [1.807, 2.05) is 0 Å². The molecule has 0 aromatic heterocycles. The quantitative estimate of drug-likeness (QED) is 0.323. The summed E-state index contributed by atoms with van der Waals surface area (Å²) in [5.74, 6) is -4.08. The molecule has 4 rings (SSSR count).